The van der Waals surface area contributed by atoms with Crippen LogP contribution in [0.1, 0.15) is 13.8 Å². The van der Waals surface area contributed by atoms with Gasteiger partial charge < -0.3 is 10.0 Å². The van der Waals surface area contributed by atoms with Crippen LogP contribution in [0.2, 0.25) is 0 Å². The summed E-state index contributed by atoms with van der Waals surface area (Å²) in [4.78, 5) is 13.2. The van der Waals surface area contributed by atoms with Crippen LogP contribution in [-0.4, -0.2) is 31.0 Å². The number of nitrogens with one attached hydrogen (secondary N) is 2. The summed E-state index contributed by atoms with van der Waals surface area (Å²) in [5.41, 5.74) is 9.08. The van der Waals surface area contributed by atoms with Crippen LogP contribution in [0.15, 0.2) is 60.7 Å². The minimum Gasteiger partial charge on any atom is -0.307 e. The number of ketones is 1. The topological polar surface area (TPSA) is 47.6 Å². The largest absolute Gasteiger partial charge is 0.307 e. The predicted molar refractivity (Wildman–Crippen MR) is 105 cm³/mol. The van der Waals surface area contributed by atoms with Gasteiger partial charge in [-0.1, -0.05) is 50.2 Å². The van der Waals surface area contributed by atoms with E-state index in [0.717, 1.165) is 24.5 Å². The fourth-order valence-corrected chi connectivity index (χ4v) is 3.94. The molecule has 2 N–H and O–H groups in total. The van der Waals surface area contributed by atoms with Crippen LogP contribution >= 0.6 is 0 Å². The SMILES string of the molecule is CC1CN(c2ccccc2)NC1C(=O)C1NN(c2ccccc2)CC1C. The highest BCUT2D eigenvalue weighted by Gasteiger charge is 2.42. The molecule has 0 radical (unpaired) electrons. The van der Waals surface area contributed by atoms with Gasteiger partial charge in [0.2, 0.25) is 0 Å². The second-order valence-corrected chi connectivity index (χ2v) is 7.46. The molecule has 4 unspecified atom stereocenters. The second-order valence-electron chi connectivity index (χ2n) is 7.46. The molecule has 0 aromatic heterocycles. The lowest BCUT2D eigenvalue weighted by molar-refractivity contribution is -0.123. The Balaban J connectivity index is 1.46. The number of anilines is 2. The number of benzene rings is 2. The van der Waals surface area contributed by atoms with E-state index >= 15 is 0 Å². The number of hydrazine groups is 2. The van der Waals surface area contributed by atoms with Crippen molar-refractivity contribution in [3.63, 3.8) is 0 Å². The molecule has 2 aromatic carbocycles. The van der Waals surface area contributed by atoms with Crippen LogP contribution in [0.4, 0.5) is 11.4 Å². The van der Waals surface area contributed by atoms with Crippen molar-refractivity contribution in [1.29, 1.82) is 0 Å². The number of carbonyl (C=O) groups excluding carboxylic acids is 1. The lowest BCUT2D eigenvalue weighted by Gasteiger charge is -2.23. The number of hydrogen-bond acceptors (Lipinski definition) is 5. The van der Waals surface area contributed by atoms with Crippen molar-refractivity contribution < 1.29 is 4.79 Å². The number of rotatable bonds is 4. The standard InChI is InChI=1S/C21H26N4O/c1-15-13-24(17-9-5-3-6-10-17)22-19(15)21(26)20-16(2)14-25(23-20)18-11-7-4-8-12-18/h3-12,15-16,19-20,22-23H,13-14H2,1-2H3. The zero-order chi connectivity index (χ0) is 18.1. The van der Waals surface area contributed by atoms with E-state index < -0.39 is 0 Å². The van der Waals surface area contributed by atoms with Gasteiger partial charge in [-0.2, -0.15) is 0 Å². The Hall–Kier alpha value is -2.37. The molecule has 26 heavy (non-hydrogen) atoms. The zero-order valence-corrected chi connectivity index (χ0v) is 15.3. The van der Waals surface area contributed by atoms with E-state index in [1.807, 2.05) is 36.4 Å². The first-order chi connectivity index (χ1) is 12.6. The predicted octanol–water partition coefficient (Wildman–Crippen LogP) is 2.61. The summed E-state index contributed by atoms with van der Waals surface area (Å²) >= 11 is 0. The minimum atomic E-state index is -0.161. The molecule has 4 rings (SSSR count). The van der Waals surface area contributed by atoms with Gasteiger partial charge >= 0.3 is 0 Å². The van der Waals surface area contributed by atoms with Gasteiger partial charge in [-0.25, -0.2) is 10.9 Å². The lowest BCUT2D eigenvalue weighted by atomic mass is 9.91. The van der Waals surface area contributed by atoms with Crippen molar-refractivity contribution in [2.75, 3.05) is 23.1 Å². The van der Waals surface area contributed by atoms with Crippen molar-refractivity contribution >= 4 is 17.2 Å². The number of para-hydroxylation sites is 2. The summed E-state index contributed by atoms with van der Waals surface area (Å²) in [5, 5.41) is 4.20. The molecule has 0 saturated carbocycles. The normalized spacial score (nSPS) is 28.5. The summed E-state index contributed by atoms with van der Waals surface area (Å²) in [7, 11) is 0. The maximum Gasteiger partial charge on any atom is 0.170 e. The Morgan fingerprint density at radius 3 is 1.54 bits per heavy atom. The molecule has 0 spiro atoms. The van der Waals surface area contributed by atoms with Gasteiger partial charge in [-0.05, 0) is 36.1 Å². The second kappa shape index (κ2) is 7.09. The molecular weight excluding hydrogens is 324 g/mol. The fourth-order valence-electron chi connectivity index (χ4n) is 3.94. The van der Waals surface area contributed by atoms with Crippen LogP contribution in [-0.2, 0) is 4.79 Å². The Bertz CT molecular complexity index is 688. The first-order valence-electron chi connectivity index (χ1n) is 9.34. The van der Waals surface area contributed by atoms with Gasteiger partial charge in [0.05, 0.1) is 23.5 Å². The first-order valence-corrected chi connectivity index (χ1v) is 9.34. The van der Waals surface area contributed by atoms with Crippen molar-refractivity contribution in [1.82, 2.24) is 10.9 Å². The highest BCUT2D eigenvalue weighted by atomic mass is 16.1. The molecule has 5 heteroatoms. The Labute approximate surface area is 154 Å². The van der Waals surface area contributed by atoms with E-state index in [9.17, 15) is 4.79 Å². The molecule has 2 aliphatic rings. The quantitative estimate of drug-likeness (QED) is 0.888. The minimum absolute atomic E-state index is 0.161. The van der Waals surface area contributed by atoms with Crippen molar-refractivity contribution in [2.45, 2.75) is 25.9 Å². The van der Waals surface area contributed by atoms with E-state index in [2.05, 4.69) is 59.0 Å². The summed E-state index contributed by atoms with van der Waals surface area (Å²) in [6.45, 7) is 5.97. The number of Topliss-reactive ketones (excluding diaryl/α,β-unsaturated/α-hetero) is 1. The summed E-state index contributed by atoms with van der Waals surface area (Å²) in [6, 6.07) is 20.1. The summed E-state index contributed by atoms with van der Waals surface area (Å²) in [5.74, 6) is 0.784. The first kappa shape index (κ1) is 17.1. The van der Waals surface area contributed by atoms with E-state index in [-0.39, 0.29) is 29.7 Å². The van der Waals surface area contributed by atoms with Gasteiger partial charge in [0.25, 0.3) is 0 Å². The molecule has 2 heterocycles. The van der Waals surface area contributed by atoms with Crippen molar-refractivity contribution in [3.8, 4) is 0 Å². The van der Waals surface area contributed by atoms with Crippen LogP contribution in [0, 0.1) is 11.8 Å². The summed E-state index contributed by atoms with van der Waals surface area (Å²) in [6.07, 6.45) is 0. The molecule has 2 saturated heterocycles. The maximum atomic E-state index is 13.2. The van der Waals surface area contributed by atoms with Crippen LogP contribution < -0.4 is 20.9 Å². The third-order valence-corrected chi connectivity index (χ3v) is 5.42. The zero-order valence-electron chi connectivity index (χ0n) is 15.3. The molecule has 5 nitrogen and oxygen atoms in total. The molecule has 2 aliphatic heterocycles. The average Bonchev–Trinajstić information content (AvgIpc) is 3.26. The fraction of sp³-hybridized carbons (Fsp3) is 0.381. The Morgan fingerprint density at radius 1 is 0.769 bits per heavy atom. The number of carbonyl (C=O) groups is 1. The molecule has 2 fully saturated rings. The maximum absolute atomic E-state index is 13.2. The third-order valence-electron chi connectivity index (χ3n) is 5.42. The van der Waals surface area contributed by atoms with Crippen molar-refractivity contribution in [3.05, 3.63) is 60.7 Å². The van der Waals surface area contributed by atoms with Gasteiger partial charge in [-0.3, -0.25) is 4.79 Å². The Morgan fingerprint density at radius 2 is 1.15 bits per heavy atom. The van der Waals surface area contributed by atoms with Crippen LogP contribution in [0.5, 0.6) is 0 Å². The molecule has 0 aliphatic carbocycles. The Kier molecular flexibility index (Phi) is 4.66. The van der Waals surface area contributed by atoms with Gasteiger partial charge in [0.1, 0.15) is 0 Å². The van der Waals surface area contributed by atoms with E-state index in [4.69, 9.17) is 0 Å². The highest BCUT2D eigenvalue weighted by molar-refractivity contribution is 5.91. The smallest absolute Gasteiger partial charge is 0.170 e. The highest BCUT2D eigenvalue weighted by Crippen LogP contribution is 2.26. The van der Waals surface area contributed by atoms with Gasteiger partial charge in [0.15, 0.2) is 5.78 Å². The average molecular weight is 350 g/mol. The van der Waals surface area contributed by atoms with E-state index in [1.54, 1.807) is 0 Å². The molecule has 0 amide bonds. The molecule has 2 aromatic rings. The molecule has 0 bridgehead atoms. The third kappa shape index (κ3) is 3.20. The van der Waals surface area contributed by atoms with Gasteiger partial charge in [0, 0.05) is 13.1 Å². The van der Waals surface area contributed by atoms with Crippen molar-refractivity contribution in [2.24, 2.45) is 11.8 Å². The van der Waals surface area contributed by atoms with Gasteiger partial charge in [-0.15, -0.1) is 0 Å². The van der Waals surface area contributed by atoms with E-state index in [1.165, 1.54) is 0 Å². The number of hydrogen-bond donors (Lipinski definition) is 2. The molecule has 4 atom stereocenters. The number of nitrogens with zero attached hydrogens (tertiary/aromatic N) is 2. The molecule has 136 valence electrons. The van der Waals surface area contributed by atoms with Crippen LogP contribution in [0.25, 0.3) is 0 Å². The monoisotopic (exact) mass is 350 g/mol. The van der Waals surface area contributed by atoms with E-state index in [0.29, 0.717) is 0 Å². The molecular formula is C21H26N4O. The summed E-state index contributed by atoms with van der Waals surface area (Å²) < 4.78 is 0. The van der Waals surface area contributed by atoms with Crippen LogP contribution in [0.3, 0.4) is 0 Å². The lowest BCUT2D eigenvalue weighted by Crippen LogP contribution is -2.51.